The first-order valence-corrected chi connectivity index (χ1v) is 8.99. The number of nitrogens with one attached hydrogen (secondary N) is 2. The first-order valence-electron chi connectivity index (χ1n) is 8.99. The molecule has 0 atom stereocenters. The molecule has 8 nitrogen and oxygen atoms in total. The Bertz CT molecular complexity index is 766. The van der Waals surface area contributed by atoms with E-state index in [0.717, 1.165) is 25.0 Å². The molecule has 0 aliphatic carbocycles. The van der Waals surface area contributed by atoms with Crippen molar-refractivity contribution < 1.29 is 9.59 Å². The monoisotopic (exact) mass is 356 g/mol. The summed E-state index contributed by atoms with van der Waals surface area (Å²) in [4.78, 5) is 42.2. The topological polar surface area (TPSA) is 104 Å². The summed E-state index contributed by atoms with van der Waals surface area (Å²) in [7, 11) is 0. The van der Waals surface area contributed by atoms with Crippen molar-refractivity contribution >= 4 is 11.8 Å². The van der Waals surface area contributed by atoms with Crippen molar-refractivity contribution in [2.45, 2.75) is 39.0 Å². The van der Waals surface area contributed by atoms with Crippen molar-refractivity contribution in [1.29, 1.82) is 0 Å². The van der Waals surface area contributed by atoms with Crippen molar-refractivity contribution in [2.24, 2.45) is 0 Å². The van der Waals surface area contributed by atoms with Crippen LogP contribution in [0.5, 0.6) is 0 Å². The van der Waals surface area contributed by atoms with Gasteiger partial charge in [0.25, 0.3) is 11.8 Å². The third-order valence-electron chi connectivity index (χ3n) is 4.62. The smallest absolute Gasteiger partial charge is 0.271 e. The first kappa shape index (κ1) is 18.0. The van der Waals surface area contributed by atoms with E-state index in [9.17, 15) is 9.59 Å². The van der Waals surface area contributed by atoms with E-state index in [2.05, 4.69) is 25.3 Å². The van der Waals surface area contributed by atoms with E-state index in [0.29, 0.717) is 36.7 Å². The largest absolute Gasteiger partial charge is 0.352 e. The number of imidazole rings is 1. The van der Waals surface area contributed by atoms with Gasteiger partial charge in [0, 0.05) is 31.7 Å². The summed E-state index contributed by atoms with van der Waals surface area (Å²) in [6, 6.07) is 0. The molecule has 0 bridgehead atoms. The zero-order chi connectivity index (χ0) is 18.5. The fraction of sp³-hybridized carbons (Fsp3) is 0.500. The molecular formula is C18H24N6O2. The van der Waals surface area contributed by atoms with E-state index < -0.39 is 0 Å². The Labute approximate surface area is 152 Å². The van der Waals surface area contributed by atoms with Crippen LogP contribution in [0, 0.1) is 6.92 Å². The summed E-state index contributed by atoms with van der Waals surface area (Å²) in [5.74, 6) is 0.631. The second-order valence-electron chi connectivity index (χ2n) is 6.50. The molecule has 1 saturated heterocycles. The van der Waals surface area contributed by atoms with Crippen LogP contribution in [0.15, 0.2) is 18.7 Å². The summed E-state index contributed by atoms with van der Waals surface area (Å²) in [5.41, 5.74) is 1.84. The van der Waals surface area contributed by atoms with Gasteiger partial charge >= 0.3 is 0 Å². The molecule has 26 heavy (non-hydrogen) atoms. The second kappa shape index (κ2) is 8.07. The zero-order valence-corrected chi connectivity index (χ0v) is 15.2. The minimum Gasteiger partial charge on any atom is -0.352 e. The molecule has 8 heteroatoms. The van der Waals surface area contributed by atoms with Gasteiger partial charge in [-0.2, -0.15) is 0 Å². The molecule has 0 aromatic carbocycles. The molecule has 2 N–H and O–H groups in total. The van der Waals surface area contributed by atoms with Gasteiger partial charge < -0.3 is 15.2 Å². The third kappa shape index (κ3) is 3.89. The Kier molecular flexibility index (Phi) is 5.60. The highest BCUT2D eigenvalue weighted by Crippen LogP contribution is 2.29. The number of aromatic amines is 1. The maximum absolute atomic E-state index is 12.4. The van der Waals surface area contributed by atoms with Crippen molar-refractivity contribution in [3.63, 3.8) is 0 Å². The molecule has 1 aliphatic heterocycles. The summed E-state index contributed by atoms with van der Waals surface area (Å²) < 4.78 is 0. The van der Waals surface area contributed by atoms with Crippen molar-refractivity contribution in [3.05, 3.63) is 41.5 Å². The number of piperidine rings is 1. The van der Waals surface area contributed by atoms with Crippen LogP contribution in [0.25, 0.3) is 0 Å². The number of likely N-dealkylation sites (tertiary alicyclic amines) is 1. The first-order chi connectivity index (χ1) is 12.6. The standard InChI is InChI=1S/C18H24N6O2/c1-3-6-20-17(25)14-9-21-12(2)23-16(14)13-4-7-24(8-5-13)18(26)15-10-19-11-22-15/h9-11,13H,3-8H2,1-2H3,(H,19,22)(H,20,25). The van der Waals surface area contributed by atoms with Gasteiger partial charge in [-0.25, -0.2) is 15.0 Å². The number of H-pyrrole nitrogens is 1. The third-order valence-corrected chi connectivity index (χ3v) is 4.62. The molecule has 3 rings (SSSR count). The van der Waals surface area contributed by atoms with Gasteiger partial charge in [0.1, 0.15) is 11.5 Å². The Morgan fingerprint density at radius 2 is 2.08 bits per heavy atom. The van der Waals surface area contributed by atoms with Gasteiger partial charge in [0.15, 0.2) is 0 Å². The van der Waals surface area contributed by atoms with Crippen LogP contribution in [0.4, 0.5) is 0 Å². The average molecular weight is 356 g/mol. The van der Waals surface area contributed by atoms with Gasteiger partial charge in [-0.15, -0.1) is 0 Å². The fourth-order valence-corrected chi connectivity index (χ4v) is 3.21. The van der Waals surface area contributed by atoms with Crippen molar-refractivity contribution in [1.82, 2.24) is 30.2 Å². The maximum atomic E-state index is 12.4. The summed E-state index contributed by atoms with van der Waals surface area (Å²) in [5, 5.41) is 2.90. The molecule has 0 saturated carbocycles. The van der Waals surface area contributed by atoms with Crippen molar-refractivity contribution in [3.8, 4) is 0 Å². The molecule has 3 heterocycles. The van der Waals surface area contributed by atoms with Crippen molar-refractivity contribution in [2.75, 3.05) is 19.6 Å². The number of carbonyl (C=O) groups excluding carboxylic acids is 2. The number of rotatable bonds is 5. The molecule has 1 fully saturated rings. The fourth-order valence-electron chi connectivity index (χ4n) is 3.21. The molecule has 0 unspecified atom stereocenters. The number of nitrogens with zero attached hydrogens (tertiary/aromatic N) is 4. The van der Waals surface area contributed by atoms with Gasteiger partial charge in [-0.1, -0.05) is 6.92 Å². The average Bonchev–Trinajstić information content (AvgIpc) is 3.20. The lowest BCUT2D eigenvalue weighted by atomic mass is 9.90. The molecule has 0 spiro atoms. The van der Waals surface area contributed by atoms with Gasteiger partial charge in [-0.3, -0.25) is 9.59 Å². The van der Waals surface area contributed by atoms with Crippen LogP contribution in [0.3, 0.4) is 0 Å². The maximum Gasteiger partial charge on any atom is 0.271 e. The number of hydrogen-bond acceptors (Lipinski definition) is 5. The Morgan fingerprint density at radius 3 is 2.73 bits per heavy atom. The highest BCUT2D eigenvalue weighted by molar-refractivity contribution is 5.95. The number of carbonyl (C=O) groups is 2. The van der Waals surface area contributed by atoms with E-state index in [-0.39, 0.29) is 17.7 Å². The molecule has 0 radical (unpaired) electrons. The molecule has 2 amide bonds. The summed E-state index contributed by atoms with van der Waals surface area (Å²) >= 11 is 0. The van der Waals surface area contributed by atoms with E-state index >= 15 is 0 Å². The lowest BCUT2D eigenvalue weighted by molar-refractivity contribution is 0.0705. The lowest BCUT2D eigenvalue weighted by Crippen LogP contribution is -2.38. The Balaban J connectivity index is 1.71. The number of amides is 2. The summed E-state index contributed by atoms with van der Waals surface area (Å²) in [6.45, 7) is 5.72. The van der Waals surface area contributed by atoms with Crippen LogP contribution >= 0.6 is 0 Å². The normalized spacial score (nSPS) is 15.1. The number of hydrogen-bond donors (Lipinski definition) is 2. The van der Waals surface area contributed by atoms with E-state index in [1.54, 1.807) is 12.4 Å². The van der Waals surface area contributed by atoms with Crippen LogP contribution in [-0.2, 0) is 0 Å². The number of aromatic nitrogens is 4. The Morgan fingerprint density at radius 1 is 1.31 bits per heavy atom. The number of aryl methyl sites for hydroxylation is 1. The van der Waals surface area contributed by atoms with Gasteiger partial charge in [0.05, 0.1) is 23.8 Å². The van der Waals surface area contributed by atoms with E-state index in [4.69, 9.17) is 0 Å². The van der Waals surface area contributed by atoms with Crippen LogP contribution < -0.4 is 5.32 Å². The highest BCUT2D eigenvalue weighted by atomic mass is 16.2. The molecular weight excluding hydrogens is 332 g/mol. The van der Waals surface area contributed by atoms with Gasteiger partial charge in [-0.05, 0) is 26.2 Å². The predicted octanol–water partition coefficient (Wildman–Crippen LogP) is 1.67. The van der Waals surface area contributed by atoms with Crippen LogP contribution in [0.2, 0.25) is 0 Å². The van der Waals surface area contributed by atoms with E-state index in [1.807, 2.05) is 18.7 Å². The minimum absolute atomic E-state index is 0.0410. The summed E-state index contributed by atoms with van der Waals surface area (Å²) in [6.07, 6.45) is 7.07. The highest BCUT2D eigenvalue weighted by Gasteiger charge is 2.29. The lowest BCUT2D eigenvalue weighted by Gasteiger charge is -2.32. The predicted molar refractivity (Wildman–Crippen MR) is 95.9 cm³/mol. The SMILES string of the molecule is CCCNC(=O)c1cnc(C)nc1C1CCN(C(=O)c2cnc[nH]2)CC1. The Hall–Kier alpha value is -2.77. The van der Waals surface area contributed by atoms with E-state index in [1.165, 1.54) is 6.33 Å². The van der Waals surface area contributed by atoms with Gasteiger partial charge in [0.2, 0.25) is 0 Å². The molecule has 2 aromatic rings. The quantitative estimate of drug-likeness (QED) is 0.848. The molecule has 2 aromatic heterocycles. The zero-order valence-electron chi connectivity index (χ0n) is 15.2. The molecule has 1 aliphatic rings. The minimum atomic E-state index is -0.127. The molecule has 138 valence electrons. The van der Waals surface area contributed by atoms with Crippen LogP contribution in [-0.4, -0.2) is 56.3 Å². The van der Waals surface area contributed by atoms with Crippen LogP contribution in [0.1, 0.15) is 64.5 Å². The second-order valence-corrected chi connectivity index (χ2v) is 6.50.